The third-order valence-corrected chi connectivity index (χ3v) is 2.06. The number of aromatic nitrogens is 2. The molecule has 0 saturated heterocycles. The number of hydrogen-bond donors (Lipinski definition) is 2. The van der Waals surface area contributed by atoms with Crippen LogP contribution in [0.2, 0.25) is 0 Å². The molecule has 80 valence electrons. The number of hydrogen-bond acceptors (Lipinski definition) is 3. The SMILES string of the molecule is CC(C)(C)Nc1nn(O)c2ccccc12. The lowest BCUT2D eigenvalue weighted by Gasteiger charge is -2.20. The third kappa shape index (κ3) is 1.88. The van der Waals surface area contributed by atoms with E-state index in [-0.39, 0.29) is 5.54 Å². The van der Waals surface area contributed by atoms with Crippen LogP contribution >= 0.6 is 0 Å². The molecule has 4 nitrogen and oxygen atoms in total. The van der Waals surface area contributed by atoms with Crippen LogP contribution in [0.25, 0.3) is 10.9 Å². The molecule has 4 heteroatoms. The molecule has 1 heterocycles. The van der Waals surface area contributed by atoms with Gasteiger partial charge < -0.3 is 10.5 Å². The number of fused-ring (bicyclic) bond motifs is 1. The molecule has 0 spiro atoms. The number of rotatable bonds is 1. The Hall–Kier alpha value is -1.71. The molecule has 0 bridgehead atoms. The molecule has 1 aromatic heterocycles. The predicted molar refractivity (Wildman–Crippen MR) is 60.3 cm³/mol. The summed E-state index contributed by atoms with van der Waals surface area (Å²) in [5.74, 6) is 0.709. The molecule has 2 N–H and O–H groups in total. The Morgan fingerprint density at radius 3 is 2.60 bits per heavy atom. The summed E-state index contributed by atoms with van der Waals surface area (Å²) in [5.41, 5.74) is 0.640. The number of nitrogens with zero attached hydrogens (tertiary/aromatic N) is 2. The number of nitrogens with one attached hydrogen (secondary N) is 1. The highest BCUT2D eigenvalue weighted by atomic mass is 16.5. The Labute approximate surface area is 88.5 Å². The first-order valence-corrected chi connectivity index (χ1v) is 4.92. The third-order valence-electron chi connectivity index (χ3n) is 2.06. The zero-order chi connectivity index (χ0) is 11.1. The Bertz CT molecular complexity index is 482. The summed E-state index contributed by atoms with van der Waals surface area (Å²) in [5, 5.41) is 17.8. The van der Waals surface area contributed by atoms with Gasteiger partial charge in [-0.3, -0.25) is 0 Å². The normalized spacial score (nSPS) is 11.9. The van der Waals surface area contributed by atoms with Crippen molar-refractivity contribution < 1.29 is 5.21 Å². The van der Waals surface area contributed by atoms with Crippen molar-refractivity contribution in [2.45, 2.75) is 26.3 Å². The summed E-state index contributed by atoms with van der Waals surface area (Å²) in [6.07, 6.45) is 0. The molecule has 0 atom stereocenters. The van der Waals surface area contributed by atoms with Crippen molar-refractivity contribution in [3.05, 3.63) is 24.3 Å². The molecular formula is C11H15N3O. The summed E-state index contributed by atoms with van der Waals surface area (Å²) in [6, 6.07) is 7.56. The van der Waals surface area contributed by atoms with Gasteiger partial charge in [-0.05, 0) is 32.9 Å². The van der Waals surface area contributed by atoms with Gasteiger partial charge in [0.25, 0.3) is 0 Å². The average molecular weight is 205 g/mol. The summed E-state index contributed by atoms with van der Waals surface area (Å²) < 4.78 is 0. The van der Waals surface area contributed by atoms with E-state index in [1.807, 2.05) is 24.3 Å². The largest absolute Gasteiger partial charge is 0.411 e. The topological polar surface area (TPSA) is 50.1 Å². The molecule has 0 saturated carbocycles. The lowest BCUT2D eigenvalue weighted by molar-refractivity contribution is 0.162. The van der Waals surface area contributed by atoms with E-state index in [9.17, 15) is 5.21 Å². The van der Waals surface area contributed by atoms with Crippen molar-refractivity contribution >= 4 is 16.7 Å². The summed E-state index contributed by atoms with van der Waals surface area (Å²) in [4.78, 5) is 0.906. The van der Waals surface area contributed by atoms with Crippen LogP contribution in [-0.4, -0.2) is 20.7 Å². The number of benzene rings is 1. The van der Waals surface area contributed by atoms with Gasteiger partial charge >= 0.3 is 0 Å². The summed E-state index contributed by atoms with van der Waals surface area (Å²) >= 11 is 0. The van der Waals surface area contributed by atoms with Gasteiger partial charge in [-0.1, -0.05) is 17.0 Å². The lowest BCUT2D eigenvalue weighted by Crippen LogP contribution is -2.26. The molecule has 1 aromatic carbocycles. The van der Waals surface area contributed by atoms with E-state index in [4.69, 9.17) is 0 Å². The maximum absolute atomic E-state index is 9.55. The van der Waals surface area contributed by atoms with Crippen LogP contribution in [-0.2, 0) is 0 Å². The highest BCUT2D eigenvalue weighted by Gasteiger charge is 2.15. The molecule has 0 unspecified atom stereocenters. The highest BCUT2D eigenvalue weighted by Crippen LogP contribution is 2.23. The second kappa shape index (κ2) is 3.15. The first-order chi connectivity index (χ1) is 6.97. The van der Waals surface area contributed by atoms with Crippen LogP contribution < -0.4 is 5.32 Å². The van der Waals surface area contributed by atoms with Crippen molar-refractivity contribution in [1.29, 1.82) is 0 Å². The van der Waals surface area contributed by atoms with Crippen molar-refractivity contribution in [2.75, 3.05) is 5.32 Å². The Morgan fingerprint density at radius 1 is 1.27 bits per heavy atom. The average Bonchev–Trinajstić information content (AvgIpc) is 2.42. The highest BCUT2D eigenvalue weighted by molar-refractivity contribution is 5.90. The van der Waals surface area contributed by atoms with Gasteiger partial charge in [0.15, 0.2) is 5.82 Å². The molecule has 15 heavy (non-hydrogen) atoms. The second-order valence-electron chi connectivity index (χ2n) is 4.63. The van der Waals surface area contributed by atoms with Gasteiger partial charge in [-0.25, -0.2) is 0 Å². The Kier molecular flexibility index (Phi) is 2.07. The van der Waals surface area contributed by atoms with Crippen molar-refractivity contribution in [3.8, 4) is 0 Å². The minimum absolute atomic E-state index is 0.0723. The fraction of sp³-hybridized carbons (Fsp3) is 0.364. The molecule has 2 aromatic rings. The van der Waals surface area contributed by atoms with Crippen LogP contribution in [0, 0.1) is 0 Å². The van der Waals surface area contributed by atoms with E-state index >= 15 is 0 Å². The molecular weight excluding hydrogens is 190 g/mol. The van der Waals surface area contributed by atoms with E-state index in [0.717, 1.165) is 10.2 Å². The van der Waals surface area contributed by atoms with Crippen molar-refractivity contribution in [2.24, 2.45) is 0 Å². The molecule has 0 fully saturated rings. The molecule has 2 rings (SSSR count). The fourth-order valence-electron chi connectivity index (χ4n) is 1.50. The molecule has 0 aliphatic heterocycles. The minimum Gasteiger partial charge on any atom is -0.411 e. The number of para-hydroxylation sites is 1. The van der Waals surface area contributed by atoms with Crippen LogP contribution in [0.15, 0.2) is 24.3 Å². The van der Waals surface area contributed by atoms with Crippen molar-refractivity contribution in [1.82, 2.24) is 9.94 Å². The van der Waals surface area contributed by atoms with Gasteiger partial charge in [0.2, 0.25) is 0 Å². The summed E-state index contributed by atoms with van der Waals surface area (Å²) in [6.45, 7) is 6.16. The lowest BCUT2D eigenvalue weighted by atomic mass is 10.1. The van der Waals surface area contributed by atoms with Crippen LogP contribution in [0.1, 0.15) is 20.8 Å². The fourth-order valence-corrected chi connectivity index (χ4v) is 1.50. The summed E-state index contributed by atoms with van der Waals surface area (Å²) in [7, 11) is 0. The van der Waals surface area contributed by atoms with Crippen LogP contribution in [0.3, 0.4) is 0 Å². The first kappa shape index (κ1) is 9.83. The maximum atomic E-state index is 9.55. The molecule has 0 radical (unpaired) electrons. The predicted octanol–water partition coefficient (Wildman–Crippen LogP) is 2.48. The second-order valence-corrected chi connectivity index (χ2v) is 4.63. The first-order valence-electron chi connectivity index (χ1n) is 4.92. The number of anilines is 1. The van der Waals surface area contributed by atoms with Gasteiger partial charge in [-0.2, -0.15) is 0 Å². The molecule has 0 amide bonds. The van der Waals surface area contributed by atoms with Crippen LogP contribution in [0.4, 0.5) is 5.82 Å². The van der Waals surface area contributed by atoms with E-state index < -0.39 is 0 Å². The molecule has 0 aliphatic carbocycles. The van der Waals surface area contributed by atoms with Gasteiger partial charge in [0, 0.05) is 10.9 Å². The van der Waals surface area contributed by atoms with E-state index in [2.05, 4.69) is 31.2 Å². The zero-order valence-corrected chi connectivity index (χ0v) is 9.15. The van der Waals surface area contributed by atoms with E-state index in [1.54, 1.807) is 0 Å². The van der Waals surface area contributed by atoms with Gasteiger partial charge in [0.05, 0.1) is 0 Å². The maximum Gasteiger partial charge on any atom is 0.159 e. The van der Waals surface area contributed by atoms with Crippen molar-refractivity contribution in [3.63, 3.8) is 0 Å². The molecule has 0 aliphatic rings. The van der Waals surface area contributed by atoms with E-state index in [1.165, 1.54) is 0 Å². The minimum atomic E-state index is -0.0723. The van der Waals surface area contributed by atoms with Gasteiger partial charge in [0.1, 0.15) is 5.52 Å². The van der Waals surface area contributed by atoms with Crippen LogP contribution in [0.5, 0.6) is 0 Å². The Morgan fingerprint density at radius 2 is 1.93 bits per heavy atom. The Balaban J connectivity index is 2.53. The quantitative estimate of drug-likeness (QED) is 0.703. The monoisotopic (exact) mass is 205 g/mol. The standard InChI is InChI=1S/C11H15N3O/c1-11(2,3)12-10-8-6-4-5-7-9(8)14(15)13-10/h4-7,15H,1-3H3,(H,12,13). The smallest absolute Gasteiger partial charge is 0.159 e. The van der Waals surface area contributed by atoms with E-state index in [0.29, 0.717) is 11.3 Å². The zero-order valence-electron chi connectivity index (χ0n) is 9.15. The van der Waals surface area contributed by atoms with Gasteiger partial charge in [-0.15, -0.1) is 5.10 Å².